The lowest BCUT2D eigenvalue weighted by Crippen LogP contribution is -2.25. The fraction of sp³-hybridized carbons (Fsp3) is 0.462. The quantitative estimate of drug-likeness (QED) is 0.877. The Morgan fingerprint density at radius 2 is 2.30 bits per heavy atom. The van der Waals surface area contributed by atoms with Gasteiger partial charge in [-0.3, -0.25) is 0 Å². The smallest absolute Gasteiger partial charge is 0.183 e. The molecule has 1 aromatic heterocycles. The van der Waals surface area contributed by atoms with Gasteiger partial charge >= 0.3 is 0 Å². The van der Waals surface area contributed by atoms with E-state index in [2.05, 4.69) is 15.5 Å². The predicted octanol–water partition coefficient (Wildman–Crippen LogP) is 2.14. The first kappa shape index (κ1) is 13.3. The number of halogens is 1. The molecule has 1 fully saturated rings. The summed E-state index contributed by atoms with van der Waals surface area (Å²) < 4.78 is 7.47. The normalized spacial score (nSPS) is 19.1. The lowest BCUT2D eigenvalue weighted by molar-refractivity contribution is 0.00397. The summed E-state index contributed by atoms with van der Waals surface area (Å²) in [6, 6.07) is 5.33. The molecule has 3 rings (SSSR count). The minimum absolute atomic E-state index is 0.165. The fourth-order valence-electron chi connectivity index (χ4n) is 2.38. The molecular weight excluding hydrogens is 278 g/mol. The van der Waals surface area contributed by atoms with E-state index in [4.69, 9.17) is 22.1 Å². The Labute approximate surface area is 121 Å². The van der Waals surface area contributed by atoms with E-state index in [-0.39, 0.29) is 6.10 Å². The van der Waals surface area contributed by atoms with Gasteiger partial charge in [-0.15, -0.1) is 5.10 Å². The topological polar surface area (TPSA) is 78.9 Å². The average Bonchev–Trinajstić information content (AvgIpc) is 2.88. The van der Waals surface area contributed by atoms with Crippen LogP contribution in [0.4, 0.5) is 5.69 Å². The number of anilines is 1. The molecule has 2 aromatic rings. The van der Waals surface area contributed by atoms with Crippen molar-refractivity contribution in [2.45, 2.75) is 31.9 Å². The Bertz CT molecular complexity index is 594. The summed E-state index contributed by atoms with van der Waals surface area (Å²) in [5, 5.41) is 12.4. The van der Waals surface area contributed by atoms with Crippen LogP contribution in [0.5, 0.6) is 0 Å². The van der Waals surface area contributed by atoms with Crippen LogP contribution in [0.1, 0.15) is 19.3 Å². The highest BCUT2D eigenvalue weighted by atomic mass is 35.5. The Morgan fingerprint density at radius 3 is 3.05 bits per heavy atom. The molecule has 1 aliphatic heterocycles. The second kappa shape index (κ2) is 5.76. The summed E-state index contributed by atoms with van der Waals surface area (Å²) in [7, 11) is 0. The van der Waals surface area contributed by atoms with Crippen molar-refractivity contribution < 1.29 is 4.74 Å². The number of nitrogens with two attached hydrogens (primary N) is 1. The third kappa shape index (κ3) is 2.76. The second-order valence-corrected chi connectivity index (χ2v) is 5.32. The fourth-order valence-corrected chi connectivity index (χ4v) is 2.65. The van der Waals surface area contributed by atoms with E-state index >= 15 is 0 Å². The molecule has 7 heteroatoms. The van der Waals surface area contributed by atoms with Gasteiger partial charge in [0.2, 0.25) is 0 Å². The molecule has 0 saturated carbocycles. The molecule has 0 amide bonds. The maximum absolute atomic E-state index is 6.22. The number of rotatable bonds is 3. The highest BCUT2D eigenvalue weighted by Gasteiger charge is 2.19. The summed E-state index contributed by atoms with van der Waals surface area (Å²) >= 11 is 6.22. The minimum Gasteiger partial charge on any atom is -0.399 e. The summed E-state index contributed by atoms with van der Waals surface area (Å²) in [5.74, 6) is 0.643. The van der Waals surface area contributed by atoms with Gasteiger partial charge in [-0.1, -0.05) is 11.6 Å². The Hall–Kier alpha value is -1.66. The van der Waals surface area contributed by atoms with Gasteiger partial charge in [-0.2, -0.15) is 0 Å². The Balaban J connectivity index is 1.85. The molecule has 0 spiro atoms. The number of nitrogen functional groups attached to an aromatic ring is 1. The molecule has 1 unspecified atom stereocenters. The van der Waals surface area contributed by atoms with Crippen LogP contribution in [0.25, 0.3) is 11.4 Å². The SMILES string of the molecule is Nc1ccc(-c2nnnn2CC2CCCCO2)c(Cl)c1. The summed E-state index contributed by atoms with van der Waals surface area (Å²) in [6.07, 6.45) is 3.51. The number of aromatic nitrogens is 4. The molecule has 0 aliphatic carbocycles. The Kier molecular flexibility index (Phi) is 3.84. The molecular formula is C13H16ClN5O. The van der Waals surface area contributed by atoms with Gasteiger partial charge in [0.1, 0.15) is 0 Å². The number of ether oxygens (including phenoxy) is 1. The van der Waals surface area contributed by atoms with Crippen LogP contribution < -0.4 is 5.73 Å². The van der Waals surface area contributed by atoms with Crippen molar-refractivity contribution in [2.24, 2.45) is 0 Å². The van der Waals surface area contributed by atoms with E-state index in [0.29, 0.717) is 23.1 Å². The number of hydrogen-bond acceptors (Lipinski definition) is 5. The number of hydrogen-bond donors (Lipinski definition) is 1. The van der Waals surface area contributed by atoms with Crippen LogP contribution in [-0.4, -0.2) is 32.9 Å². The van der Waals surface area contributed by atoms with E-state index in [1.54, 1.807) is 16.8 Å². The maximum Gasteiger partial charge on any atom is 0.183 e. The highest BCUT2D eigenvalue weighted by molar-refractivity contribution is 6.33. The van der Waals surface area contributed by atoms with E-state index in [0.717, 1.165) is 25.0 Å². The molecule has 1 aromatic carbocycles. The highest BCUT2D eigenvalue weighted by Crippen LogP contribution is 2.28. The molecule has 6 nitrogen and oxygen atoms in total. The van der Waals surface area contributed by atoms with E-state index in [1.807, 2.05) is 6.07 Å². The summed E-state index contributed by atoms with van der Waals surface area (Å²) in [5.41, 5.74) is 7.10. The molecule has 0 radical (unpaired) electrons. The lowest BCUT2D eigenvalue weighted by Gasteiger charge is -2.22. The second-order valence-electron chi connectivity index (χ2n) is 4.91. The number of nitrogens with zero attached hydrogens (tertiary/aromatic N) is 4. The standard InChI is InChI=1S/C13H16ClN5O/c14-12-7-9(15)4-5-11(12)13-16-17-18-19(13)8-10-3-1-2-6-20-10/h4-5,7,10H,1-3,6,8,15H2. The first-order chi connectivity index (χ1) is 9.74. The molecule has 1 aliphatic rings. The van der Waals surface area contributed by atoms with Crippen LogP contribution in [-0.2, 0) is 11.3 Å². The van der Waals surface area contributed by atoms with Gasteiger partial charge in [-0.25, -0.2) is 4.68 Å². The van der Waals surface area contributed by atoms with E-state index in [9.17, 15) is 0 Å². The molecule has 2 N–H and O–H groups in total. The first-order valence-corrected chi connectivity index (χ1v) is 7.05. The zero-order chi connectivity index (χ0) is 13.9. The molecule has 20 heavy (non-hydrogen) atoms. The van der Waals surface area contributed by atoms with Crippen LogP contribution >= 0.6 is 11.6 Å². The third-order valence-corrected chi connectivity index (χ3v) is 3.73. The predicted molar refractivity (Wildman–Crippen MR) is 76.3 cm³/mol. The van der Waals surface area contributed by atoms with Gasteiger partial charge in [0.15, 0.2) is 5.82 Å². The monoisotopic (exact) mass is 293 g/mol. The molecule has 1 saturated heterocycles. The van der Waals surface area contributed by atoms with Crippen LogP contribution in [0.3, 0.4) is 0 Å². The van der Waals surface area contributed by atoms with Crippen molar-refractivity contribution in [3.05, 3.63) is 23.2 Å². The van der Waals surface area contributed by atoms with Gasteiger partial charge in [0.25, 0.3) is 0 Å². The summed E-state index contributed by atoms with van der Waals surface area (Å²) in [4.78, 5) is 0. The number of benzene rings is 1. The van der Waals surface area contributed by atoms with Gasteiger partial charge in [0.05, 0.1) is 17.7 Å². The molecule has 1 atom stereocenters. The maximum atomic E-state index is 6.22. The molecule has 106 valence electrons. The zero-order valence-electron chi connectivity index (χ0n) is 11.0. The van der Waals surface area contributed by atoms with E-state index in [1.165, 1.54) is 6.42 Å². The largest absolute Gasteiger partial charge is 0.399 e. The third-order valence-electron chi connectivity index (χ3n) is 3.42. The van der Waals surface area contributed by atoms with Crippen molar-refractivity contribution in [2.75, 3.05) is 12.3 Å². The van der Waals surface area contributed by atoms with Crippen LogP contribution in [0, 0.1) is 0 Å². The van der Waals surface area contributed by atoms with Gasteiger partial charge in [-0.05, 0) is 47.9 Å². The zero-order valence-corrected chi connectivity index (χ0v) is 11.8. The molecule has 2 heterocycles. The van der Waals surface area contributed by atoms with Gasteiger partial charge in [0, 0.05) is 17.9 Å². The lowest BCUT2D eigenvalue weighted by atomic mass is 10.1. The Morgan fingerprint density at radius 1 is 1.40 bits per heavy atom. The van der Waals surface area contributed by atoms with Crippen LogP contribution in [0.2, 0.25) is 5.02 Å². The average molecular weight is 294 g/mol. The van der Waals surface area contributed by atoms with Gasteiger partial charge < -0.3 is 10.5 Å². The first-order valence-electron chi connectivity index (χ1n) is 6.67. The van der Waals surface area contributed by atoms with Crippen molar-refractivity contribution in [3.63, 3.8) is 0 Å². The molecule has 0 bridgehead atoms. The van der Waals surface area contributed by atoms with Crippen LogP contribution in [0.15, 0.2) is 18.2 Å². The minimum atomic E-state index is 0.165. The van der Waals surface area contributed by atoms with Crippen molar-refractivity contribution in [1.82, 2.24) is 20.2 Å². The van der Waals surface area contributed by atoms with Crippen molar-refractivity contribution in [3.8, 4) is 11.4 Å². The van der Waals surface area contributed by atoms with Crippen molar-refractivity contribution >= 4 is 17.3 Å². The van der Waals surface area contributed by atoms with E-state index < -0.39 is 0 Å². The number of tetrazole rings is 1. The summed E-state index contributed by atoms with van der Waals surface area (Å²) in [6.45, 7) is 1.45. The van der Waals surface area contributed by atoms with Crippen molar-refractivity contribution in [1.29, 1.82) is 0 Å².